The van der Waals surface area contributed by atoms with Crippen molar-refractivity contribution in [3.8, 4) is 0 Å². The van der Waals surface area contributed by atoms with Crippen LogP contribution in [0.2, 0.25) is 0 Å². The Morgan fingerprint density at radius 3 is 1.41 bits per heavy atom. The fourth-order valence-electron chi connectivity index (χ4n) is 4.11. The molecule has 0 radical (unpaired) electrons. The third-order valence-electron chi connectivity index (χ3n) is 5.17. The van der Waals surface area contributed by atoms with Gasteiger partial charge in [0, 0.05) is 0 Å². The topological polar surface area (TPSA) is 40.5 Å². The van der Waals surface area contributed by atoms with Crippen LogP contribution in [0.5, 0.6) is 0 Å². The monoisotopic (exact) mass is 240 g/mol. The second-order valence-electron chi connectivity index (χ2n) is 6.21. The Labute approximate surface area is 105 Å². The third kappa shape index (κ3) is 3.45. The molecular formula is C15H28O2. The SMILES string of the molecule is CCC(C1CCC(O)CC1)C1CCC(O)CC1. The number of aliphatic hydroxyl groups excluding tert-OH is 2. The van der Waals surface area contributed by atoms with E-state index < -0.39 is 0 Å². The predicted octanol–water partition coefficient (Wildman–Crippen LogP) is 3.11. The Bertz CT molecular complexity index is 191. The van der Waals surface area contributed by atoms with Crippen LogP contribution in [0, 0.1) is 17.8 Å². The van der Waals surface area contributed by atoms with Gasteiger partial charge in [-0.2, -0.15) is 0 Å². The highest BCUT2D eigenvalue weighted by Crippen LogP contribution is 2.41. The van der Waals surface area contributed by atoms with Crippen LogP contribution >= 0.6 is 0 Å². The van der Waals surface area contributed by atoms with Gasteiger partial charge in [-0.05, 0) is 69.1 Å². The summed E-state index contributed by atoms with van der Waals surface area (Å²) < 4.78 is 0. The molecule has 0 saturated heterocycles. The van der Waals surface area contributed by atoms with Gasteiger partial charge in [0.1, 0.15) is 0 Å². The summed E-state index contributed by atoms with van der Waals surface area (Å²) in [7, 11) is 0. The van der Waals surface area contributed by atoms with Gasteiger partial charge in [0.2, 0.25) is 0 Å². The van der Waals surface area contributed by atoms with Crippen LogP contribution in [0.3, 0.4) is 0 Å². The molecule has 2 rings (SSSR count). The second-order valence-corrected chi connectivity index (χ2v) is 6.21. The molecule has 2 heteroatoms. The molecule has 0 bridgehead atoms. The van der Waals surface area contributed by atoms with Crippen molar-refractivity contribution in [2.75, 3.05) is 0 Å². The fraction of sp³-hybridized carbons (Fsp3) is 1.00. The molecule has 0 atom stereocenters. The molecule has 0 aliphatic heterocycles. The van der Waals surface area contributed by atoms with Gasteiger partial charge in [0.15, 0.2) is 0 Å². The summed E-state index contributed by atoms with van der Waals surface area (Å²) in [6.45, 7) is 2.32. The number of rotatable bonds is 3. The molecule has 17 heavy (non-hydrogen) atoms. The van der Waals surface area contributed by atoms with Gasteiger partial charge in [-0.15, -0.1) is 0 Å². The first-order chi connectivity index (χ1) is 8.20. The Morgan fingerprint density at radius 1 is 0.765 bits per heavy atom. The third-order valence-corrected chi connectivity index (χ3v) is 5.17. The molecule has 0 spiro atoms. The minimum absolute atomic E-state index is 0.0306. The lowest BCUT2D eigenvalue weighted by atomic mass is 9.68. The molecule has 0 aromatic carbocycles. The first-order valence-corrected chi connectivity index (χ1v) is 7.56. The minimum Gasteiger partial charge on any atom is -0.393 e. The summed E-state index contributed by atoms with van der Waals surface area (Å²) in [5, 5.41) is 19.2. The molecule has 2 aliphatic carbocycles. The van der Waals surface area contributed by atoms with E-state index in [-0.39, 0.29) is 12.2 Å². The van der Waals surface area contributed by atoms with Crippen molar-refractivity contribution in [1.82, 2.24) is 0 Å². The standard InChI is InChI=1S/C15H28O2/c1-2-15(11-3-7-13(16)8-4-11)12-5-9-14(17)10-6-12/h11-17H,2-10H2,1H3. The van der Waals surface area contributed by atoms with Crippen LogP contribution in [0.1, 0.15) is 64.7 Å². The fourth-order valence-corrected chi connectivity index (χ4v) is 4.11. The number of aliphatic hydroxyl groups is 2. The first kappa shape index (κ1) is 13.4. The molecule has 2 N–H and O–H groups in total. The highest BCUT2D eigenvalue weighted by Gasteiger charge is 2.33. The summed E-state index contributed by atoms with van der Waals surface area (Å²) in [5.74, 6) is 2.52. The van der Waals surface area contributed by atoms with Gasteiger partial charge >= 0.3 is 0 Å². The highest BCUT2D eigenvalue weighted by atomic mass is 16.3. The Morgan fingerprint density at radius 2 is 1.12 bits per heavy atom. The van der Waals surface area contributed by atoms with Crippen molar-refractivity contribution in [3.05, 3.63) is 0 Å². The Kier molecular flexibility index (Phi) is 4.87. The van der Waals surface area contributed by atoms with E-state index in [1.807, 2.05) is 0 Å². The zero-order valence-corrected chi connectivity index (χ0v) is 11.1. The Hall–Kier alpha value is -0.0800. The zero-order valence-electron chi connectivity index (χ0n) is 11.1. The van der Waals surface area contributed by atoms with E-state index in [1.54, 1.807) is 0 Å². The minimum atomic E-state index is -0.0306. The molecule has 100 valence electrons. The zero-order chi connectivity index (χ0) is 12.3. The maximum Gasteiger partial charge on any atom is 0.0540 e. The molecule has 2 saturated carbocycles. The van der Waals surface area contributed by atoms with E-state index in [0.29, 0.717) is 0 Å². The number of hydrogen-bond acceptors (Lipinski definition) is 2. The van der Waals surface area contributed by atoms with Crippen LogP contribution in [-0.4, -0.2) is 22.4 Å². The van der Waals surface area contributed by atoms with E-state index >= 15 is 0 Å². The molecular weight excluding hydrogens is 212 g/mol. The van der Waals surface area contributed by atoms with Crippen LogP contribution < -0.4 is 0 Å². The lowest BCUT2D eigenvalue weighted by molar-refractivity contribution is 0.0449. The molecule has 0 aromatic rings. The lowest BCUT2D eigenvalue weighted by Crippen LogP contribution is -2.31. The van der Waals surface area contributed by atoms with E-state index in [0.717, 1.165) is 43.4 Å². The summed E-state index contributed by atoms with van der Waals surface area (Å²) in [5.41, 5.74) is 0. The van der Waals surface area contributed by atoms with Crippen LogP contribution in [0.15, 0.2) is 0 Å². The maximum absolute atomic E-state index is 9.59. The van der Waals surface area contributed by atoms with Gasteiger partial charge in [0.25, 0.3) is 0 Å². The highest BCUT2D eigenvalue weighted by molar-refractivity contribution is 4.84. The molecule has 0 amide bonds. The van der Waals surface area contributed by atoms with E-state index in [1.165, 1.54) is 32.1 Å². The molecule has 2 nitrogen and oxygen atoms in total. The van der Waals surface area contributed by atoms with E-state index in [2.05, 4.69) is 6.92 Å². The van der Waals surface area contributed by atoms with Gasteiger partial charge in [-0.25, -0.2) is 0 Å². The summed E-state index contributed by atoms with van der Waals surface area (Å²) in [6, 6.07) is 0. The van der Waals surface area contributed by atoms with Crippen molar-refractivity contribution in [2.45, 2.75) is 76.9 Å². The van der Waals surface area contributed by atoms with E-state index in [9.17, 15) is 10.2 Å². The maximum atomic E-state index is 9.59. The van der Waals surface area contributed by atoms with Gasteiger partial charge < -0.3 is 10.2 Å². The van der Waals surface area contributed by atoms with E-state index in [4.69, 9.17) is 0 Å². The quantitative estimate of drug-likeness (QED) is 0.795. The van der Waals surface area contributed by atoms with Gasteiger partial charge in [0.05, 0.1) is 12.2 Å². The molecule has 2 fully saturated rings. The molecule has 0 aromatic heterocycles. The van der Waals surface area contributed by atoms with Crippen LogP contribution in [-0.2, 0) is 0 Å². The second kappa shape index (κ2) is 6.19. The van der Waals surface area contributed by atoms with Crippen LogP contribution in [0.4, 0.5) is 0 Å². The average Bonchev–Trinajstić information content (AvgIpc) is 2.35. The smallest absolute Gasteiger partial charge is 0.0540 e. The van der Waals surface area contributed by atoms with Crippen molar-refractivity contribution in [1.29, 1.82) is 0 Å². The van der Waals surface area contributed by atoms with Crippen molar-refractivity contribution >= 4 is 0 Å². The van der Waals surface area contributed by atoms with Crippen molar-refractivity contribution in [3.63, 3.8) is 0 Å². The summed E-state index contributed by atoms with van der Waals surface area (Å²) in [6.07, 6.45) is 10.1. The molecule has 2 aliphatic rings. The molecule has 0 heterocycles. The van der Waals surface area contributed by atoms with Crippen molar-refractivity contribution in [2.24, 2.45) is 17.8 Å². The van der Waals surface area contributed by atoms with Gasteiger partial charge in [-0.3, -0.25) is 0 Å². The summed E-state index contributed by atoms with van der Waals surface area (Å²) >= 11 is 0. The first-order valence-electron chi connectivity index (χ1n) is 7.56. The number of hydrogen-bond donors (Lipinski definition) is 2. The normalized spacial score (nSPS) is 41.1. The predicted molar refractivity (Wildman–Crippen MR) is 69.7 cm³/mol. The van der Waals surface area contributed by atoms with Crippen LogP contribution in [0.25, 0.3) is 0 Å². The summed E-state index contributed by atoms with van der Waals surface area (Å²) in [4.78, 5) is 0. The lowest BCUT2D eigenvalue weighted by Gasteiger charge is -2.39. The Balaban J connectivity index is 1.87. The van der Waals surface area contributed by atoms with Crippen molar-refractivity contribution < 1.29 is 10.2 Å². The average molecular weight is 240 g/mol. The largest absolute Gasteiger partial charge is 0.393 e. The molecule has 0 unspecified atom stereocenters. The van der Waals surface area contributed by atoms with Gasteiger partial charge in [-0.1, -0.05) is 13.3 Å².